The number of ketones is 1. The van der Waals surface area contributed by atoms with E-state index in [1.807, 2.05) is 0 Å². The molecule has 19 heavy (non-hydrogen) atoms. The van der Waals surface area contributed by atoms with Gasteiger partial charge in [-0.2, -0.15) is 0 Å². The minimum atomic E-state index is -0.571. The van der Waals surface area contributed by atoms with Crippen LogP contribution in [-0.4, -0.2) is 42.3 Å². The Bertz CT molecular complexity index is 416. The fourth-order valence-corrected chi connectivity index (χ4v) is 2.70. The molecule has 1 saturated carbocycles. The average Bonchev–Trinajstić information content (AvgIpc) is 2.81. The molecular formula is C14H21NO4. The number of Topliss-reactive ketones (excluding diaryl/α,β-unsaturated/α-hetero) is 1. The van der Waals surface area contributed by atoms with Crippen LogP contribution in [0.15, 0.2) is 0 Å². The molecule has 0 bridgehead atoms. The zero-order valence-electron chi connectivity index (χ0n) is 11.8. The van der Waals surface area contributed by atoms with E-state index in [0.29, 0.717) is 19.6 Å². The quantitative estimate of drug-likeness (QED) is 0.716. The van der Waals surface area contributed by atoms with Crippen LogP contribution in [-0.2, 0) is 19.1 Å². The van der Waals surface area contributed by atoms with E-state index >= 15 is 0 Å². The highest BCUT2D eigenvalue weighted by Crippen LogP contribution is 2.43. The molecule has 0 aromatic carbocycles. The third kappa shape index (κ3) is 2.65. The summed E-state index contributed by atoms with van der Waals surface area (Å²) < 4.78 is 5.31. The summed E-state index contributed by atoms with van der Waals surface area (Å²) in [4.78, 5) is 36.3. The molecule has 2 atom stereocenters. The molecule has 1 aliphatic heterocycles. The number of rotatable bonds is 3. The van der Waals surface area contributed by atoms with E-state index in [-0.39, 0.29) is 29.5 Å². The number of esters is 1. The summed E-state index contributed by atoms with van der Waals surface area (Å²) in [6.07, 6.45) is 1.18. The zero-order chi connectivity index (χ0) is 14.2. The normalized spacial score (nSPS) is 29.0. The molecule has 0 aromatic rings. The maximum atomic E-state index is 11.9. The van der Waals surface area contributed by atoms with Crippen molar-refractivity contribution in [3.63, 3.8) is 0 Å². The molecule has 2 aliphatic rings. The molecule has 0 radical (unpaired) electrons. The van der Waals surface area contributed by atoms with Gasteiger partial charge < -0.3 is 9.64 Å². The molecule has 1 saturated heterocycles. The van der Waals surface area contributed by atoms with Crippen LogP contribution in [0.25, 0.3) is 0 Å². The first kappa shape index (κ1) is 14.0. The molecule has 2 rings (SSSR count). The van der Waals surface area contributed by atoms with Gasteiger partial charge in [-0.15, -0.1) is 0 Å². The van der Waals surface area contributed by atoms with E-state index in [2.05, 4.69) is 0 Å². The maximum absolute atomic E-state index is 11.9. The zero-order valence-corrected chi connectivity index (χ0v) is 11.8. The predicted octanol–water partition coefficient (Wildman–Crippen LogP) is 1.01. The average molecular weight is 267 g/mol. The molecule has 2 fully saturated rings. The van der Waals surface area contributed by atoms with Gasteiger partial charge >= 0.3 is 5.97 Å². The van der Waals surface area contributed by atoms with Gasteiger partial charge in [-0.3, -0.25) is 14.4 Å². The van der Waals surface area contributed by atoms with Crippen LogP contribution in [0.1, 0.15) is 33.6 Å². The van der Waals surface area contributed by atoms with E-state index in [1.54, 1.807) is 25.7 Å². The van der Waals surface area contributed by atoms with Gasteiger partial charge in [0.05, 0.1) is 12.5 Å². The minimum Gasteiger partial charge on any atom is -0.465 e. The second kappa shape index (κ2) is 4.94. The van der Waals surface area contributed by atoms with Crippen LogP contribution < -0.4 is 0 Å². The minimum absolute atomic E-state index is 0.0690. The molecule has 1 aliphatic carbocycles. The summed E-state index contributed by atoms with van der Waals surface area (Å²) >= 11 is 0. The van der Waals surface area contributed by atoms with E-state index < -0.39 is 5.41 Å². The lowest BCUT2D eigenvalue weighted by Gasteiger charge is -2.40. The fourth-order valence-electron chi connectivity index (χ4n) is 2.70. The third-order valence-corrected chi connectivity index (χ3v) is 4.46. The Balaban J connectivity index is 1.76. The first-order chi connectivity index (χ1) is 8.82. The van der Waals surface area contributed by atoms with Gasteiger partial charge in [-0.1, -0.05) is 13.8 Å². The number of carbonyl (C=O) groups is 3. The van der Waals surface area contributed by atoms with Crippen molar-refractivity contribution in [1.82, 2.24) is 4.90 Å². The molecule has 2 unspecified atom stereocenters. The van der Waals surface area contributed by atoms with Gasteiger partial charge in [0.1, 0.15) is 5.78 Å². The van der Waals surface area contributed by atoms with Crippen LogP contribution >= 0.6 is 0 Å². The first-order valence-electron chi connectivity index (χ1n) is 6.78. The van der Waals surface area contributed by atoms with E-state index in [9.17, 15) is 14.4 Å². The highest BCUT2D eigenvalue weighted by Gasteiger charge is 2.52. The second-order valence-electron chi connectivity index (χ2n) is 6.15. The highest BCUT2D eigenvalue weighted by molar-refractivity contribution is 5.99. The largest absolute Gasteiger partial charge is 0.465 e. The number of amides is 1. The van der Waals surface area contributed by atoms with E-state index in [0.717, 1.165) is 13.0 Å². The molecule has 106 valence electrons. The summed E-state index contributed by atoms with van der Waals surface area (Å²) in [6, 6.07) is 0. The summed E-state index contributed by atoms with van der Waals surface area (Å²) in [7, 11) is 0. The number of hydrogen-bond acceptors (Lipinski definition) is 4. The lowest BCUT2D eigenvalue weighted by Crippen LogP contribution is -2.50. The van der Waals surface area contributed by atoms with Gasteiger partial charge in [0, 0.05) is 37.8 Å². The smallest absolute Gasteiger partial charge is 0.310 e. The van der Waals surface area contributed by atoms with Crippen molar-refractivity contribution >= 4 is 17.7 Å². The maximum Gasteiger partial charge on any atom is 0.310 e. The summed E-state index contributed by atoms with van der Waals surface area (Å²) in [5.74, 6) is -0.152. The fraction of sp³-hybridized carbons (Fsp3) is 0.786. The first-order valence-corrected chi connectivity index (χ1v) is 6.78. The number of nitrogens with zero attached hydrogens (tertiary/aromatic N) is 1. The Kier molecular flexibility index (Phi) is 3.65. The standard InChI is InChI=1S/C14H21NO4/c1-9(16)15-5-4-10(7-15)8-19-13(18)11-6-12(17)14(11,2)3/h10-11H,4-8H2,1-3H3. The number of hydrogen-bond donors (Lipinski definition) is 0. The van der Waals surface area contributed by atoms with Crippen molar-refractivity contribution in [1.29, 1.82) is 0 Å². The highest BCUT2D eigenvalue weighted by atomic mass is 16.5. The van der Waals surface area contributed by atoms with Crippen molar-refractivity contribution in [2.24, 2.45) is 17.3 Å². The van der Waals surface area contributed by atoms with Crippen LogP contribution in [0.2, 0.25) is 0 Å². The SMILES string of the molecule is CC(=O)N1CCC(COC(=O)C2CC(=O)C2(C)C)C1. The second-order valence-corrected chi connectivity index (χ2v) is 6.15. The number of ether oxygens (including phenoxy) is 1. The van der Waals surface area contributed by atoms with Crippen LogP contribution in [0.5, 0.6) is 0 Å². The summed E-state index contributed by atoms with van der Waals surface area (Å²) in [6.45, 7) is 6.89. The number of likely N-dealkylation sites (tertiary alicyclic amines) is 1. The number of carbonyl (C=O) groups excluding carboxylic acids is 3. The van der Waals surface area contributed by atoms with Crippen molar-refractivity contribution in [3.8, 4) is 0 Å². The van der Waals surface area contributed by atoms with Gasteiger partial charge in [0.25, 0.3) is 0 Å². The van der Waals surface area contributed by atoms with Crippen molar-refractivity contribution < 1.29 is 19.1 Å². The van der Waals surface area contributed by atoms with Crippen molar-refractivity contribution in [2.75, 3.05) is 19.7 Å². The lowest BCUT2D eigenvalue weighted by atomic mass is 9.61. The molecule has 0 spiro atoms. The van der Waals surface area contributed by atoms with Gasteiger partial charge in [0.2, 0.25) is 5.91 Å². The van der Waals surface area contributed by atoms with Gasteiger partial charge in [-0.05, 0) is 6.42 Å². The lowest BCUT2D eigenvalue weighted by molar-refractivity contribution is -0.167. The van der Waals surface area contributed by atoms with Crippen molar-refractivity contribution in [3.05, 3.63) is 0 Å². The Morgan fingerprint density at radius 3 is 2.58 bits per heavy atom. The molecule has 0 N–H and O–H groups in total. The van der Waals surface area contributed by atoms with Crippen molar-refractivity contribution in [2.45, 2.75) is 33.6 Å². The Labute approximate surface area is 113 Å². The summed E-state index contributed by atoms with van der Waals surface area (Å²) in [5.41, 5.74) is -0.571. The monoisotopic (exact) mass is 267 g/mol. The molecule has 1 heterocycles. The Morgan fingerprint density at radius 2 is 2.11 bits per heavy atom. The topological polar surface area (TPSA) is 63.7 Å². The predicted molar refractivity (Wildman–Crippen MR) is 68.2 cm³/mol. The Morgan fingerprint density at radius 1 is 1.42 bits per heavy atom. The van der Waals surface area contributed by atoms with Crippen LogP contribution in [0.3, 0.4) is 0 Å². The molecule has 0 aromatic heterocycles. The molecule has 5 nitrogen and oxygen atoms in total. The third-order valence-electron chi connectivity index (χ3n) is 4.46. The Hall–Kier alpha value is -1.39. The van der Waals surface area contributed by atoms with Gasteiger partial charge in [0.15, 0.2) is 0 Å². The molecular weight excluding hydrogens is 246 g/mol. The van der Waals surface area contributed by atoms with Crippen LogP contribution in [0, 0.1) is 17.3 Å². The van der Waals surface area contributed by atoms with Gasteiger partial charge in [-0.25, -0.2) is 0 Å². The van der Waals surface area contributed by atoms with Crippen LogP contribution in [0.4, 0.5) is 0 Å². The summed E-state index contributed by atoms with van der Waals surface area (Å²) in [5, 5.41) is 0. The van der Waals surface area contributed by atoms with E-state index in [4.69, 9.17) is 4.74 Å². The van der Waals surface area contributed by atoms with E-state index in [1.165, 1.54) is 0 Å². The molecule has 1 amide bonds. The molecule has 5 heteroatoms.